The predicted octanol–water partition coefficient (Wildman–Crippen LogP) is 1.75. The third-order valence-corrected chi connectivity index (χ3v) is 3.70. The van der Waals surface area contributed by atoms with Gasteiger partial charge in [0.25, 0.3) is 0 Å². The Kier molecular flexibility index (Phi) is 4.10. The number of nitrogens with one attached hydrogen (secondary N) is 1. The highest BCUT2D eigenvalue weighted by Gasteiger charge is 2.18. The van der Waals surface area contributed by atoms with Crippen LogP contribution < -0.4 is 5.32 Å². The van der Waals surface area contributed by atoms with Crippen molar-refractivity contribution in [2.24, 2.45) is 0 Å². The standard InChI is InChI=1S/C17H15N7O2/c1-11(17-20-16(23-26-17)14-8-4-5-9-18-14)19-15(25)10-24-21-12-6-2-3-7-13(12)22-24/h2-9,11H,10H2,1H3,(H,19,25)/t11-/m0/s1. The number of hydrogen-bond donors (Lipinski definition) is 1. The summed E-state index contributed by atoms with van der Waals surface area (Å²) in [5.41, 5.74) is 2.09. The minimum absolute atomic E-state index is 0.000253. The third kappa shape index (κ3) is 3.27. The number of nitrogens with zero attached hydrogens (tertiary/aromatic N) is 6. The van der Waals surface area contributed by atoms with Gasteiger partial charge in [-0.25, -0.2) is 0 Å². The first kappa shape index (κ1) is 15.9. The maximum atomic E-state index is 12.2. The van der Waals surface area contributed by atoms with Crippen molar-refractivity contribution >= 4 is 16.9 Å². The van der Waals surface area contributed by atoms with Crippen LogP contribution in [-0.4, -0.2) is 36.0 Å². The Hall–Kier alpha value is -3.62. The lowest BCUT2D eigenvalue weighted by Crippen LogP contribution is -2.31. The minimum atomic E-state index is -0.447. The fourth-order valence-corrected chi connectivity index (χ4v) is 2.46. The van der Waals surface area contributed by atoms with E-state index in [2.05, 4.69) is 30.6 Å². The van der Waals surface area contributed by atoms with Crippen molar-refractivity contribution in [3.63, 3.8) is 0 Å². The van der Waals surface area contributed by atoms with Gasteiger partial charge in [-0.15, -0.1) is 0 Å². The van der Waals surface area contributed by atoms with Gasteiger partial charge in [0.2, 0.25) is 17.6 Å². The van der Waals surface area contributed by atoms with Crippen LogP contribution >= 0.6 is 0 Å². The van der Waals surface area contributed by atoms with Gasteiger partial charge in [-0.2, -0.15) is 20.0 Å². The normalized spacial score (nSPS) is 12.2. The summed E-state index contributed by atoms with van der Waals surface area (Å²) in [5.74, 6) is 0.426. The number of fused-ring (bicyclic) bond motifs is 1. The van der Waals surface area contributed by atoms with E-state index in [1.54, 1.807) is 25.3 Å². The van der Waals surface area contributed by atoms with E-state index >= 15 is 0 Å². The summed E-state index contributed by atoms with van der Waals surface area (Å²) in [5, 5.41) is 15.2. The summed E-state index contributed by atoms with van der Waals surface area (Å²) in [6.07, 6.45) is 1.65. The first-order valence-electron chi connectivity index (χ1n) is 8.03. The van der Waals surface area contributed by atoms with Crippen molar-refractivity contribution in [3.8, 4) is 11.5 Å². The average molecular weight is 349 g/mol. The largest absolute Gasteiger partial charge is 0.343 e. The Labute approximate surface area is 148 Å². The molecule has 0 aliphatic heterocycles. The molecule has 4 rings (SSSR count). The summed E-state index contributed by atoms with van der Waals surface area (Å²) in [6.45, 7) is 1.76. The molecule has 0 aliphatic carbocycles. The molecule has 1 N–H and O–H groups in total. The molecule has 0 saturated carbocycles. The van der Waals surface area contributed by atoms with Gasteiger partial charge in [-0.05, 0) is 31.2 Å². The number of aromatic nitrogens is 6. The maximum absolute atomic E-state index is 12.2. The molecule has 0 aliphatic rings. The quantitative estimate of drug-likeness (QED) is 0.584. The van der Waals surface area contributed by atoms with Crippen LogP contribution in [0.15, 0.2) is 53.2 Å². The maximum Gasteiger partial charge on any atom is 0.249 e. The monoisotopic (exact) mass is 349 g/mol. The minimum Gasteiger partial charge on any atom is -0.343 e. The van der Waals surface area contributed by atoms with Gasteiger partial charge >= 0.3 is 0 Å². The van der Waals surface area contributed by atoms with Gasteiger partial charge < -0.3 is 9.84 Å². The summed E-state index contributed by atoms with van der Waals surface area (Å²) in [7, 11) is 0. The molecule has 1 atom stereocenters. The molecule has 0 fully saturated rings. The molecular weight excluding hydrogens is 334 g/mol. The third-order valence-electron chi connectivity index (χ3n) is 3.70. The Morgan fingerprint density at radius 2 is 1.88 bits per heavy atom. The van der Waals surface area contributed by atoms with Crippen molar-refractivity contribution < 1.29 is 9.32 Å². The van der Waals surface area contributed by atoms with E-state index in [0.29, 0.717) is 17.4 Å². The second-order valence-electron chi connectivity index (χ2n) is 5.68. The second-order valence-corrected chi connectivity index (χ2v) is 5.68. The van der Waals surface area contributed by atoms with Crippen LogP contribution in [-0.2, 0) is 11.3 Å². The molecular formula is C17H15N7O2. The van der Waals surface area contributed by atoms with Crippen LogP contribution in [0.2, 0.25) is 0 Å². The van der Waals surface area contributed by atoms with Crippen LogP contribution in [0.25, 0.3) is 22.6 Å². The highest BCUT2D eigenvalue weighted by Crippen LogP contribution is 2.16. The van der Waals surface area contributed by atoms with E-state index in [0.717, 1.165) is 11.0 Å². The number of hydrogen-bond acceptors (Lipinski definition) is 7. The summed E-state index contributed by atoms with van der Waals surface area (Å²) in [4.78, 5) is 22.0. The van der Waals surface area contributed by atoms with E-state index in [-0.39, 0.29) is 12.5 Å². The lowest BCUT2D eigenvalue weighted by atomic mass is 10.3. The Balaban J connectivity index is 1.42. The molecule has 130 valence electrons. The van der Waals surface area contributed by atoms with E-state index in [4.69, 9.17) is 4.52 Å². The number of amides is 1. The molecule has 0 unspecified atom stereocenters. The van der Waals surface area contributed by atoms with Crippen LogP contribution in [0.4, 0.5) is 0 Å². The van der Waals surface area contributed by atoms with Crippen LogP contribution in [0.3, 0.4) is 0 Å². The number of rotatable bonds is 5. The van der Waals surface area contributed by atoms with Gasteiger partial charge in [-0.1, -0.05) is 23.4 Å². The highest BCUT2D eigenvalue weighted by atomic mass is 16.5. The number of pyridine rings is 1. The molecule has 3 heterocycles. The van der Waals surface area contributed by atoms with E-state index < -0.39 is 6.04 Å². The van der Waals surface area contributed by atoms with Crippen molar-refractivity contribution in [1.82, 2.24) is 35.4 Å². The summed E-state index contributed by atoms with van der Waals surface area (Å²) < 4.78 is 5.23. The van der Waals surface area contributed by atoms with E-state index in [1.165, 1.54) is 4.80 Å². The van der Waals surface area contributed by atoms with E-state index in [1.807, 2.05) is 30.3 Å². The van der Waals surface area contributed by atoms with E-state index in [9.17, 15) is 4.79 Å². The second kappa shape index (κ2) is 6.71. The highest BCUT2D eigenvalue weighted by molar-refractivity contribution is 5.77. The van der Waals surface area contributed by atoms with Crippen LogP contribution in [0, 0.1) is 0 Å². The fourth-order valence-electron chi connectivity index (χ4n) is 2.46. The average Bonchev–Trinajstić information content (AvgIpc) is 3.29. The SMILES string of the molecule is C[C@H](NC(=O)Cn1nc2ccccc2n1)c1nc(-c2ccccn2)no1. The van der Waals surface area contributed by atoms with Gasteiger partial charge in [0, 0.05) is 6.20 Å². The smallest absolute Gasteiger partial charge is 0.249 e. The van der Waals surface area contributed by atoms with Gasteiger partial charge in [0.1, 0.15) is 29.3 Å². The topological polar surface area (TPSA) is 112 Å². The molecule has 0 radical (unpaired) electrons. The summed E-state index contributed by atoms with van der Waals surface area (Å²) >= 11 is 0. The van der Waals surface area contributed by atoms with Gasteiger partial charge in [-0.3, -0.25) is 9.78 Å². The van der Waals surface area contributed by atoms with Crippen molar-refractivity contribution in [2.75, 3.05) is 0 Å². The number of carbonyl (C=O) groups is 1. The Bertz CT molecular complexity index is 1010. The first-order chi connectivity index (χ1) is 12.7. The predicted molar refractivity (Wildman–Crippen MR) is 91.6 cm³/mol. The molecule has 9 nitrogen and oxygen atoms in total. The van der Waals surface area contributed by atoms with Crippen molar-refractivity contribution in [1.29, 1.82) is 0 Å². The zero-order valence-corrected chi connectivity index (χ0v) is 13.9. The van der Waals surface area contributed by atoms with Gasteiger partial charge in [0.05, 0.1) is 0 Å². The van der Waals surface area contributed by atoms with Crippen molar-refractivity contribution in [3.05, 3.63) is 54.6 Å². The molecule has 4 aromatic rings. The molecule has 0 spiro atoms. The molecule has 1 amide bonds. The molecule has 3 aromatic heterocycles. The number of carbonyl (C=O) groups excluding carboxylic acids is 1. The molecule has 9 heteroatoms. The summed E-state index contributed by atoms with van der Waals surface area (Å²) in [6, 6.07) is 12.4. The molecule has 1 aromatic carbocycles. The molecule has 0 bridgehead atoms. The first-order valence-corrected chi connectivity index (χ1v) is 8.03. The van der Waals surface area contributed by atoms with Crippen LogP contribution in [0.1, 0.15) is 18.9 Å². The molecule has 0 saturated heterocycles. The zero-order chi connectivity index (χ0) is 17.9. The zero-order valence-electron chi connectivity index (χ0n) is 13.9. The van der Waals surface area contributed by atoms with Crippen LogP contribution in [0.5, 0.6) is 0 Å². The van der Waals surface area contributed by atoms with Crippen molar-refractivity contribution in [2.45, 2.75) is 19.5 Å². The fraction of sp³-hybridized carbons (Fsp3) is 0.176. The Morgan fingerprint density at radius 1 is 1.15 bits per heavy atom. The number of benzene rings is 1. The molecule has 26 heavy (non-hydrogen) atoms. The lowest BCUT2D eigenvalue weighted by Gasteiger charge is -2.08. The lowest BCUT2D eigenvalue weighted by molar-refractivity contribution is -0.122. The van der Waals surface area contributed by atoms with Gasteiger partial charge in [0.15, 0.2) is 0 Å². The Morgan fingerprint density at radius 3 is 2.58 bits per heavy atom.